The normalized spacial score (nSPS) is 11.9. The third-order valence-electron chi connectivity index (χ3n) is 4.01. The molecule has 138 valence electrons. The van der Waals surface area contributed by atoms with E-state index in [9.17, 15) is 4.79 Å². The van der Waals surface area contributed by atoms with Crippen LogP contribution < -0.4 is 5.32 Å². The molecule has 1 atom stereocenters. The van der Waals surface area contributed by atoms with Gasteiger partial charge in [-0.2, -0.15) is 0 Å². The van der Waals surface area contributed by atoms with E-state index in [4.69, 9.17) is 34.8 Å². The Morgan fingerprint density at radius 3 is 2.41 bits per heavy atom. The van der Waals surface area contributed by atoms with Gasteiger partial charge in [-0.3, -0.25) is 9.78 Å². The average molecular weight is 485 g/mol. The van der Waals surface area contributed by atoms with Gasteiger partial charge in [0.2, 0.25) is 0 Å². The predicted molar refractivity (Wildman–Crippen MR) is 114 cm³/mol. The molecule has 0 saturated carbocycles. The van der Waals surface area contributed by atoms with Crippen molar-refractivity contribution < 1.29 is 4.79 Å². The Bertz CT molecular complexity index is 1010. The molecule has 1 amide bonds. The van der Waals surface area contributed by atoms with Crippen LogP contribution in [0.1, 0.15) is 33.2 Å². The quantitative estimate of drug-likeness (QED) is 0.451. The number of carbonyl (C=O) groups excluding carboxylic acids is 1. The van der Waals surface area contributed by atoms with Crippen LogP contribution in [0.4, 0.5) is 0 Å². The van der Waals surface area contributed by atoms with Crippen LogP contribution in [0, 0.1) is 6.92 Å². The molecule has 2 aromatic carbocycles. The lowest BCUT2D eigenvalue weighted by Crippen LogP contribution is -2.30. The zero-order valence-electron chi connectivity index (χ0n) is 14.1. The summed E-state index contributed by atoms with van der Waals surface area (Å²) in [6.07, 6.45) is 1.67. The van der Waals surface area contributed by atoms with E-state index in [1.807, 2.05) is 25.1 Å². The number of nitrogens with zero attached hydrogens (tertiary/aromatic N) is 1. The average Bonchev–Trinajstić information content (AvgIpc) is 2.64. The molecular formula is C20H14BrCl3N2O. The first kappa shape index (κ1) is 20.2. The maximum absolute atomic E-state index is 12.8. The molecule has 0 aliphatic heterocycles. The van der Waals surface area contributed by atoms with Gasteiger partial charge in [0.15, 0.2) is 0 Å². The Balaban J connectivity index is 2.00. The lowest BCUT2D eigenvalue weighted by molar-refractivity contribution is 0.0942. The molecule has 0 bridgehead atoms. The Morgan fingerprint density at radius 2 is 1.74 bits per heavy atom. The van der Waals surface area contributed by atoms with E-state index in [2.05, 4.69) is 26.2 Å². The number of benzene rings is 2. The van der Waals surface area contributed by atoms with Crippen LogP contribution in [0.3, 0.4) is 0 Å². The maximum atomic E-state index is 12.8. The minimum atomic E-state index is -0.499. The molecule has 1 N–H and O–H groups in total. The molecular weight excluding hydrogens is 470 g/mol. The lowest BCUT2D eigenvalue weighted by Gasteiger charge is -2.20. The van der Waals surface area contributed by atoms with E-state index < -0.39 is 6.04 Å². The topological polar surface area (TPSA) is 42.0 Å². The van der Waals surface area contributed by atoms with E-state index in [0.717, 1.165) is 15.6 Å². The van der Waals surface area contributed by atoms with Gasteiger partial charge in [-0.1, -0.05) is 56.8 Å². The van der Waals surface area contributed by atoms with Crippen LogP contribution in [0.25, 0.3) is 0 Å². The van der Waals surface area contributed by atoms with Crippen molar-refractivity contribution in [3.05, 3.63) is 96.7 Å². The summed E-state index contributed by atoms with van der Waals surface area (Å²) in [5.41, 5.74) is 2.78. The molecule has 0 fully saturated rings. The second kappa shape index (κ2) is 8.61. The fourth-order valence-corrected chi connectivity index (χ4v) is 3.38. The monoisotopic (exact) mass is 482 g/mol. The number of aryl methyl sites for hydroxylation is 1. The molecule has 0 spiro atoms. The number of hydrogen-bond donors (Lipinski definition) is 1. The maximum Gasteiger partial charge on any atom is 0.252 e. The number of carbonyl (C=O) groups is 1. The van der Waals surface area contributed by atoms with Gasteiger partial charge in [-0.05, 0) is 60.5 Å². The van der Waals surface area contributed by atoms with Crippen molar-refractivity contribution in [2.75, 3.05) is 0 Å². The van der Waals surface area contributed by atoms with Crippen LogP contribution in [-0.2, 0) is 0 Å². The van der Waals surface area contributed by atoms with E-state index in [-0.39, 0.29) is 5.91 Å². The first-order valence-corrected chi connectivity index (χ1v) is 9.91. The van der Waals surface area contributed by atoms with Gasteiger partial charge in [0.1, 0.15) is 0 Å². The number of amides is 1. The first-order chi connectivity index (χ1) is 12.8. The molecule has 3 nitrogen and oxygen atoms in total. The van der Waals surface area contributed by atoms with Gasteiger partial charge < -0.3 is 5.32 Å². The van der Waals surface area contributed by atoms with Crippen LogP contribution in [0.2, 0.25) is 15.1 Å². The van der Waals surface area contributed by atoms with Crippen molar-refractivity contribution in [1.82, 2.24) is 10.3 Å². The smallest absolute Gasteiger partial charge is 0.252 e. The van der Waals surface area contributed by atoms with Crippen LogP contribution in [0.5, 0.6) is 0 Å². The van der Waals surface area contributed by atoms with Crippen LogP contribution in [-0.4, -0.2) is 10.9 Å². The van der Waals surface area contributed by atoms with E-state index in [1.165, 1.54) is 0 Å². The highest BCUT2D eigenvalue weighted by Gasteiger charge is 2.20. The highest BCUT2D eigenvalue weighted by molar-refractivity contribution is 9.10. The fraction of sp³-hybridized carbons (Fsp3) is 0.100. The fourth-order valence-electron chi connectivity index (χ4n) is 2.60. The summed E-state index contributed by atoms with van der Waals surface area (Å²) in [6.45, 7) is 1.85. The van der Waals surface area contributed by atoms with Crippen LogP contribution >= 0.6 is 50.7 Å². The van der Waals surface area contributed by atoms with Gasteiger partial charge in [0.25, 0.3) is 5.91 Å². The number of aromatic nitrogens is 1. The molecule has 0 unspecified atom stereocenters. The molecule has 0 radical (unpaired) electrons. The number of hydrogen-bond acceptors (Lipinski definition) is 2. The third-order valence-corrected chi connectivity index (χ3v) is 5.67. The van der Waals surface area contributed by atoms with Gasteiger partial charge in [0.05, 0.1) is 21.8 Å². The van der Waals surface area contributed by atoms with Crippen LogP contribution in [0.15, 0.2) is 59.2 Å². The number of rotatable bonds is 4. The summed E-state index contributed by atoms with van der Waals surface area (Å²) in [6, 6.07) is 13.5. The van der Waals surface area contributed by atoms with E-state index in [0.29, 0.717) is 26.3 Å². The van der Waals surface area contributed by atoms with Gasteiger partial charge in [-0.15, -0.1) is 0 Å². The molecule has 3 aromatic rings. The lowest BCUT2D eigenvalue weighted by atomic mass is 10.0. The highest BCUT2D eigenvalue weighted by Crippen LogP contribution is 2.29. The summed E-state index contributed by atoms with van der Waals surface area (Å²) in [7, 11) is 0. The van der Waals surface area contributed by atoms with Crippen molar-refractivity contribution in [3.63, 3.8) is 0 Å². The molecule has 1 heterocycles. The summed E-state index contributed by atoms with van der Waals surface area (Å²) in [4.78, 5) is 17.3. The second-order valence-corrected chi connectivity index (χ2v) is 8.08. The summed E-state index contributed by atoms with van der Waals surface area (Å²) in [5, 5.41) is 4.49. The second-order valence-electron chi connectivity index (χ2n) is 5.94. The first-order valence-electron chi connectivity index (χ1n) is 7.98. The highest BCUT2D eigenvalue weighted by atomic mass is 79.9. The summed E-state index contributed by atoms with van der Waals surface area (Å²) in [5.74, 6) is -0.243. The van der Waals surface area contributed by atoms with Crippen molar-refractivity contribution in [2.45, 2.75) is 13.0 Å². The van der Waals surface area contributed by atoms with Gasteiger partial charge >= 0.3 is 0 Å². The minimum Gasteiger partial charge on any atom is -0.340 e. The third kappa shape index (κ3) is 4.82. The molecule has 0 saturated heterocycles. The van der Waals surface area contributed by atoms with Gasteiger partial charge in [0, 0.05) is 21.3 Å². The number of halogens is 4. The van der Waals surface area contributed by atoms with Crippen molar-refractivity contribution >= 4 is 56.6 Å². The molecule has 0 aliphatic carbocycles. The van der Waals surface area contributed by atoms with E-state index in [1.54, 1.807) is 36.5 Å². The summed E-state index contributed by atoms with van der Waals surface area (Å²) < 4.78 is 0.856. The molecule has 1 aromatic heterocycles. The standard InChI is InChI=1S/C20H14BrCl3N2O/c1-11-8-13(3-4-15(11)22)20(27)26-19(18-10-14(21)6-7-25-18)12-2-5-16(23)17(24)9-12/h2-10,19H,1H3,(H,26,27)/t19-/m0/s1. The Hall–Kier alpha value is -1.59. The summed E-state index contributed by atoms with van der Waals surface area (Å²) >= 11 is 21.7. The molecule has 3 rings (SSSR count). The Morgan fingerprint density at radius 1 is 1.00 bits per heavy atom. The molecule has 27 heavy (non-hydrogen) atoms. The SMILES string of the molecule is Cc1cc(C(=O)N[C@@H](c2ccc(Cl)c(Cl)c2)c2cc(Br)ccn2)ccc1Cl. The Labute approximate surface area is 180 Å². The Kier molecular flexibility index (Phi) is 6.43. The van der Waals surface area contributed by atoms with Gasteiger partial charge in [-0.25, -0.2) is 0 Å². The van der Waals surface area contributed by atoms with Crippen molar-refractivity contribution in [3.8, 4) is 0 Å². The molecule has 0 aliphatic rings. The predicted octanol–water partition coefficient (Wildman–Crippen LogP) is 6.63. The van der Waals surface area contributed by atoms with Crippen molar-refractivity contribution in [2.24, 2.45) is 0 Å². The zero-order chi connectivity index (χ0) is 19.6. The van der Waals surface area contributed by atoms with E-state index >= 15 is 0 Å². The number of nitrogens with one attached hydrogen (secondary N) is 1. The zero-order valence-corrected chi connectivity index (χ0v) is 18.0. The van der Waals surface area contributed by atoms with Crippen molar-refractivity contribution in [1.29, 1.82) is 0 Å². The largest absolute Gasteiger partial charge is 0.340 e. The minimum absolute atomic E-state index is 0.243. The number of pyridine rings is 1. The molecule has 7 heteroatoms.